The summed E-state index contributed by atoms with van der Waals surface area (Å²) in [7, 11) is 0. The number of aliphatic hydroxyl groups excluding tert-OH is 2. The molecule has 1 fully saturated rings. The Morgan fingerprint density at radius 3 is 2.90 bits per heavy atom. The average Bonchev–Trinajstić information content (AvgIpc) is 2.52. The van der Waals surface area contributed by atoms with Crippen molar-refractivity contribution in [3.63, 3.8) is 0 Å². The Bertz CT molecular complexity index is 424. The molecule has 0 aliphatic heterocycles. The molecule has 0 aromatic heterocycles. The van der Waals surface area contributed by atoms with Gasteiger partial charge in [-0.3, -0.25) is 0 Å². The molecular weight excluding hydrogens is 266 g/mol. The number of nitrogens with one attached hydrogen (secondary N) is 1. The standard InChI is InChI=1S/C17H27NO3/c1-2-13-6-5-7-15(10-13)21-12-14(19)11-18-16-8-3-4-9-17(16)20/h5-7,10,14,16-20H,2-4,8-9,11-12H2,1H3. The van der Waals surface area contributed by atoms with E-state index in [4.69, 9.17) is 4.74 Å². The Hall–Kier alpha value is -1.10. The smallest absolute Gasteiger partial charge is 0.119 e. The molecule has 3 unspecified atom stereocenters. The van der Waals surface area contributed by atoms with Gasteiger partial charge in [0.2, 0.25) is 0 Å². The van der Waals surface area contributed by atoms with Crippen LogP contribution in [0.2, 0.25) is 0 Å². The van der Waals surface area contributed by atoms with Gasteiger partial charge in [-0.05, 0) is 37.0 Å². The van der Waals surface area contributed by atoms with Crippen LogP contribution in [0.3, 0.4) is 0 Å². The molecule has 0 spiro atoms. The van der Waals surface area contributed by atoms with Crippen molar-refractivity contribution in [2.24, 2.45) is 0 Å². The van der Waals surface area contributed by atoms with E-state index in [0.717, 1.165) is 37.9 Å². The van der Waals surface area contributed by atoms with E-state index >= 15 is 0 Å². The minimum absolute atomic E-state index is 0.108. The van der Waals surface area contributed by atoms with Crippen molar-refractivity contribution in [3.05, 3.63) is 29.8 Å². The van der Waals surface area contributed by atoms with E-state index in [1.54, 1.807) is 0 Å². The fourth-order valence-corrected chi connectivity index (χ4v) is 2.74. The minimum Gasteiger partial charge on any atom is -0.491 e. The molecule has 4 nitrogen and oxygen atoms in total. The lowest BCUT2D eigenvalue weighted by atomic mass is 9.92. The van der Waals surface area contributed by atoms with E-state index in [-0.39, 0.29) is 18.8 Å². The van der Waals surface area contributed by atoms with Gasteiger partial charge < -0.3 is 20.3 Å². The molecule has 3 atom stereocenters. The molecule has 21 heavy (non-hydrogen) atoms. The zero-order valence-corrected chi connectivity index (χ0v) is 12.8. The van der Waals surface area contributed by atoms with Gasteiger partial charge in [0, 0.05) is 12.6 Å². The Balaban J connectivity index is 1.70. The molecule has 0 heterocycles. The van der Waals surface area contributed by atoms with Crippen LogP contribution in [0.15, 0.2) is 24.3 Å². The van der Waals surface area contributed by atoms with E-state index in [9.17, 15) is 10.2 Å². The largest absolute Gasteiger partial charge is 0.491 e. The molecule has 118 valence electrons. The van der Waals surface area contributed by atoms with Gasteiger partial charge in [0.15, 0.2) is 0 Å². The molecule has 1 saturated carbocycles. The monoisotopic (exact) mass is 293 g/mol. The number of hydrogen-bond donors (Lipinski definition) is 3. The summed E-state index contributed by atoms with van der Waals surface area (Å²) in [5.74, 6) is 0.797. The molecule has 0 radical (unpaired) electrons. The lowest BCUT2D eigenvalue weighted by molar-refractivity contribution is 0.0672. The topological polar surface area (TPSA) is 61.7 Å². The van der Waals surface area contributed by atoms with E-state index in [2.05, 4.69) is 18.3 Å². The molecule has 0 bridgehead atoms. The highest BCUT2D eigenvalue weighted by Crippen LogP contribution is 2.18. The molecule has 3 N–H and O–H groups in total. The maximum atomic E-state index is 9.98. The molecule has 1 aliphatic carbocycles. The highest BCUT2D eigenvalue weighted by Gasteiger charge is 2.23. The first-order valence-corrected chi connectivity index (χ1v) is 8.00. The van der Waals surface area contributed by atoms with E-state index in [1.807, 2.05) is 18.2 Å². The van der Waals surface area contributed by atoms with Crippen molar-refractivity contribution in [1.29, 1.82) is 0 Å². The molecule has 2 rings (SSSR count). The van der Waals surface area contributed by atoms with Crippen LogP contribution >= 0.6 is 0 Å². The second-order valence-electron chi connectivity index (χ2n) is 5.83. The van der Waals surface area contributed by atoms with E-state index in [1.165, 1.54) is 5.56 Å². The normalized spacial score (nSPS) is 23.8. The third-order valence-corrected chi connectivity index (χ3v) is 4.09. The Morgan fingerprint density at radius 2 is 2.14 bits per heavy atom. The zero-order chi connectivity index (χ0) is 15.1. The molecule has 1 aromatic rings. The summed E-state index contributed by atoms with van der Waals surface area (Å²) in [6, 6.07) is 8.05. The van der Waals surface area contributed by atoms with Crippen molar-refractivity contribution < 1.29 is 14.9 Å². The van der Waals surface area contributed by atoms with Crippen LogP contribution in [0.5, 0.6) is 5.75 Å². The summed E-state index contributed by atoms with van der Waals surface area (Å²) < 4.78 is 5.62. The number of rotatable bonds is 7. The maximum Gasteiger partial charge on any atom is 0.119 e. The third kappa shape index (κ3) is 5.30. The van der Waals surface area contributed by atoms with Crippen molar-refractivity contribution in [2.75, 3.05) is 13.2 Å². The van der Waals surface area contributed by atoms with Gasteiger partial charge in [-0.2, -0.15) is 0 Å². The van der Waals surface area contributed by atoms with Crippen molar-refractivity contribution in [3.8, 4) is 5.75 Å². The number of hydrogen-bond acceptors (Lipinski definition) is 4. The molecular formula is C17H27NO3. The lowest BCUT2D eigenvalue weighted by Crippen LogP contribution is -2.45. The van der Waals surface area contributed by atoms with Gasteiger partial charge in [0.25, 0.3) is 0 Å². The van der Waals surface area contributed by atoms with Gasteiger partial charge in [0.1, 0.15) is 18.5 Å². The van der Waals surface area contributed by atoms with Crippen molar-refractivity contribution in [2.45, 2.75) is 57.3 Å². The molecule has 0 amide bonds. The lowest BCUT2D eigenvalue weighted by Gasteiger charge is -2.29. The van der Waals surface area contributed by atoms with Crippen LogP contribution in [0.25, 0.3) is 0 Å². The number of ether oxygens (including phenoxy) is 1. The molecule has 1 aliphatic rings. The van der Waals surface area contributed by atoms with Gasteiger partial charge in [-0.1, -0.05) is 31.9 Å². The highest BCUT2D eigenvalue weighted by molar-refractivity contribution is 5.28. The minimum atomic E-state index is -0.565. The zero-order valence-electron chi connectivity index (χ0n) is 12.8. The second-order valence-corrected chi connectivity index (χ2v) is 5.83. The summed E-state index contributed by atoms with van der Waals surface area (Å²) in [5, 5.41) is 23.1. The summed E-state index contributed by atoms with van der Waals surface area (Å²) in [6.45, 7) is 2.82. The van der Waals surface area contributed by atoms with E-state index in [0.29, 0.717) is 6.54 Å². The first-order chi connectivity index (χ1) is 10.2. The van der Waals surface area contributed by atoms with Gasteiger partial charge in [-0.25, -0.2) is 0 Å². The average molecular weight is 293 g/mol. The fourth-order valence-electron chi connectivity index (χ4n) is 2.74. The van der Waals surface area contributed by atoms with Crippen molar-refractivity contribution >= 4 is 0 Å². The predicted octanol–water partition coefficient (Wildman–Crippen LogP) is 1.88. The quantitative estimate of drug-likeness (QED) is 0.718. The first-order valence-electron chi connectivity index (χ1n) is 8.00. The SMILES string of the molecule is CCc1cccc(OCC(O)CNC2CCCCC2O)c1. The fraction of sp³-hybridized carbons (Fsp3) is 0.647. The molecule has 4 heteroatoms. The maximum absolute atomic E-state index is 9.98. The van der Waals surface area contributed by atoms with Crippen LogP contribution in [-0.4, -0.2) is 41.6 Å². The first kappa shape index (κ1) is 16.3. The van der Waals surface area contributed by atoms with E-state index < -0.39 is 6.10 Å². The van der Waals surface area contributed by atoms with Gasteiger partial charge in [0.05, 0.1) is 6.10 Å². The summed E-state index contributed by atoms with van der Waals surface area (Å²) in [4.78, 5) is 0. The number of benzene rings is 1. The second kappa shape index (κ2) is 8.37. The van der Waals surface area contributed by atoms with Crippen molar-refractivity contribution in [1.82, 2.24) is 5.32 Å². The third-order valence-electron chi connectivity index (χ3n) is 4.09. The van der Waals surface area contributed by atoms with Gasteiger partial charge >= 0.3 is 0 Å². The number of aryl methyl sites for hydroxylation is 1. The Labute approximate surface area is 127 Å². The van der Waals surface area contributed by atoms with Crippen LogP contribution in [0.4, 0.5) is 0 Å². The van der Waals surface area contributed by atoms with Crippen LogP contribution in [-0.2, 0) is 6.42 Å². The van der Waals surface area contributed by atoms with Crippen LogP contribution in [0, 0.1) is 0 Å². The van der Waals surface area contributed by atoms with Crippen LogP contribution < -0.4 is 10.1 Å². The predicted molar refractivity (Wildman–Crippen MR) is 83.6 cm³/mol. The van der Waals surface area contributed by atoms with Gasteiger partial charge in [-0.15, -0.1) is 0 Å². The molecule has 0 saturated heterocycles. The summed E-state index contributed by atoms with van der Waals surface area (Å²) in [5.41, 5.74) is 1.23. The Kier molecular flexibility index (Phi) is 6.49. The van der Waals surface area contributed by atoms with Crippen LogP contribution in [0.1, 0.15) is 38.2 Å². The summed E-state index contributed by atoms with van der Waals surface area (Å²) in [6.07, 6.45) is 4.20. The Morgan fingerprint density at radius 1 is 1.33 bits per heavy atom. The number of aliphatic hydroxyl groups is 2. The molecule has 1 aromatic carbocycles. The highest BCUT2D eigenvalue weighted by atomic mass is 16.5. The summed E-state index contributed by atoms with van der Waals surface area (Å²) >= 11 is 0.